The van der Waals surface area contributed by atoms with Crippen LogP contribution in [0, 0.1) is 0 Å². The van der Waals surface area contributed by atoms with Crippen molar-refractivity contribution in [2.45, 2.75) is 18.5 Å². The molecule has 2 aliphatic heterocycles. The molecule has 2 fully saturated rings. The zero-order valence-corrected chi connectivity index (χ0v) is 21.2. The van der Waals surface area contributed by atoms with Crippen LogP contribution in [0.3, 0.4) is 0 Å². The number of aromatic nitrogens is 2. The zero-order chi connectivity index (χ0) is 24.9. The van der Waals surface area contributed by atoms with E-state index < -0.39 is 0 Å². The molecule has 2 unspecified atom stereocenters. The highest BCUT2D eigenvalue weighted by atomic mass is 32.1. The molecule has 188 valence electrons. The first-order valence-corrected chi connectivity index (χ1v) is 12.7. The Bertz CT molecular complexity index is 1190. The number of para-hydroxylation sites is 1. The molecule has 2 aromatic heterocycles. The van der Waals surface area contributed by atoms with Crippen LogP contribution in [0.25, 0.3) is 5.69 Å². The van der Waals surface area contributed by atoms with Gasteiger partial charge >= 0.3 is 5.97 Å². The summed E-state index contributed by atoms with van der Waals surface area (Å²) in [5.41, 5.74) is 3.24. The SMILES string of the molecule is COC(=O)c1ccccc1-n1cccc1C1C(c2ccccn2)NC(=S)N1CCCN1CCOCC1. The lowest BCUT2D eigenvalue weighted by atomic mass is 10.0. The van der Waals surface area contributed by atoms with Crippen LogP contribution in [0.5, 0.6) is 0 Å². The van der Waals surface area contributed by atoms with E-state index in [1.807, 2.05) is 54.9 Å². The molecule has 2 aliphatic rings. The maximum absolute atomic E-state index is 12.6. The van der Waals surface area contributed by atoms with Crippen LogP contribution in [0.4, 0.5) is 0 Å². The molecular weight excluding hydrogens is 474 g/mol. The van der Waals surface area contributed by atoms with E-state index in [-0.39, 0.29) is 18.1 Å². The van der Waals surface area contributed by atoms with Gasteiger partial charge < -0.3 is 24.3 Å². The molecule has 1 aromatic carbocycles. The van der Waals surface area contributed by atoms with Crippen LogP contribution in [-0.2, 0) is 9.47 Å². The third-order valence-corrected chi connectivity index (χ3v) is 7.18. The number of hydrogen-bond donors (Lipinski definition) is 1. The Morgan fingerprint density at radius 3 is 2.69 bits per heavy atom. The van der Waals surface area contributed by atoms with E-state index >= 15 is 0 Å². The van der Waals surface area contributed by atoms with Gasteiger partial charge in [-0.3, -0.25) is 9.88 Å². The average molecular weight is 506 g/mol. The maximum atomic E-state index is 12.6. The van der Waals surface area contributed by atoms with Crippen LogP contribution in [0.15, 0.2) is 67.0 Å². The highest BCUT2D eigenvalue weighted by molar-refractivity contribution is 7.80. The summed E-state index contributed by atoms with van der Waals surface area (Å²) in [6, 6.07) is 17.3. The Morgan fingerprint density at radius 2 is 1.92 bits per heavy atom. The van der Waals surface area contributed by atoms with E-state index in [0.717, 1.165) is 62.9 Å². The number of rotatable bonds is 8. The predicted octanol–water partition coefficient (Wildman–Crippen LogP) is 3.35. The summed E-state index contributed by atoms with van der Waals surface area (Å²) in [6.45, 7) is 5.32. The quantitative estimate of drug-likeness (QED) is 0.369. The first kappa shape index (κ1) is 24.4. The number of methoxy groups -OCH3 is 1. The number of nitrogens with zero attached hydrogens (tertiary/aromatic N) is 4. The molecule has 36 heavy (non-hydrogen) atoms. The highest BCUT2D eigenvalue weighted by Crippen LogP contribution is 2.40. The van der Waals surface area contributed by atoms with Crippen molar-refractivity contribution < 1.29 is 14.3 Å². The van der Waals surface area contributed by atoms with Crippen molar-refractivity contribution in [3.05, 3.63) is 83.9 Å². The number of morpholine rings is 1. The third-order valence-electron chi connectivity index (χ3n) is 6.83. The molecule has 0 aliphatic carbocycles. The van der Waals surface area contributed by atoms with Gasteiger partial charge in [0.2, 0.25) is 0 Å². The van der Waals surface area contributed by atoms with Gasteiger partial charge in [0.15, 0.2) is 5.11 Å². The van der Waals surface area contributed by atoms with Gasteiger partial charge in [-0.05, 0) is 55.0 Å². The van der Waals surface area contributed by atoms with Crippen molar-refractivity contribution in [3.63, 3.8) is 0 Å². The second-order valence-electron chi connectivity index (χ2n) is 8.94. The van der Waals surface area contributed by atoms with E-state index in [1.54, 1.807) is 6.07 Å². The molecule has 5 rings (SSSR count). The number of pyridine rings is 1. The number of esters is 1. The van der Waals surface area contributed by atoms with Gasteiger partial charge in [0, 0.05) is 44.3 Å². The monoisotopic (exact) mass is 505 g/mol. The third kappa shape index (κ3) is 5.00. The molecule has 0 bridgehead atoms. The van der Waals surface area contributed by atoms with E-state index in [2.05, 4.69) is 30.7 Å². The Labute approximate surface area is 216 Å². The Morgan fingerprint density at radius 1 is 1.11 bits per heavy atom. The topological polar surface area (TPSA) is 71.9 Å². The number of nitrogens with one attached hydrogen (secondary N) is 1. The van der Waals surface area contributed by atoms with Gasteiger partial charge in [-0.25, -0.2) is 4.79 Å². The molecule has 0 saturated carbocycles. The van der Waals surface area contributed by atoms with E-state index in [1.165, 1.54) is 7.11 Å². The summed E-state index contributed by atoms with van der Waals surface area (Å²) in [5.74, 6) is -0.367. The van der Waals surface area contributed by atoms with Crippen LogP contribution in [0.1, 0.15) is 40.3 Å². The average Bonchev–Trinajstić information content (AvgIpc) is 3.53. The van der Waals surface area contributed by atoms with Crippen LogP contribution in [-0.4, -0.2) is 76.9 Å². The van der Waals surface area contributed by atoms with Crippen LogP contribution >= 0.6 is 12.2 Å². The summed E-state index contributed by atoms with van der Waals surface area (Å²) >= 11 is 5.85. The molecule has 2 atom stereocenters. The number of ether oxygens (including phenoxy) is 2. The molecule has 1 N–H and O–H groups in total. The summed E-state index contributed by atoms with van der Waals surface area (Å²) < 4.78 is 12.6. The van der Waals surface area contributed by atoms with Crippen molar-refractivity contribution in [1.82, 2.24) is 24.7 Å². The number of carbonyl (C=O) groups excluding carboxylic acids is 1. The van der Waals surface area contributed by atoms with Crippen molar-refractivity contribution in [2.75, 3.05) is 46.5 Å². The molecule has 3 aromatic rings. The van der Waals surface area contributed by atoms with Gasteiger partial charge in [-0.1, -0.05) is 18.2 Å². The molecular formula is C27H31N5O3S. The number of benzene rings is 1. The fourth-order valence-electron chi connectivity index (χ4n) is 5.08. The van der Waals surface area contributed by atoms with Crippen molar-refractivity contribution in [2.24, 2.45) is 0 Å². The number of hydrogen-bond acceptors (Lipinski definition) is 6. The second-order valence-corrected chi connectivity index (χ2v) is 9.33. The minimum absolute atomic E-state index is 0.0993. The molecule has 0 amide bonds. The van der Waals surface area contributed by atoms with Gasteiger partial charge in [0.25, 0.3) is 0 Å². The summed E-state index contributed by atoms with van der Waals surface area (Å²) in [4.78, 5) is 21.9. The molecule has 4 heterocycles. The van der Waals surface area contributed by atoms with Gasteiger partial charge in [-0.15, -0.1) is 0 Å². The predicted molar refractivity (Wildman–Crippen MR) is 141 cm³/mol. The second kappa shape index (κ2) is 11.2. The molecule has 9 heteroatoms. The molecule has 0 spiro atoms. The van der Waals surface area contributed by atoms with Crippen LogP contribution in [0.2, 0.25) is 0 Å². The largest absolute Gasteiger partial charge is 0.465 e. The lowest BCUT2D eigenvalue weighted by Crippen LogP contribution is -2.39. The molecule has 0 radical (unpaired) electrons. The van der Waals surface area contributed by atoms with E-state index in [4.69, 9.17) is 21.7 Å². The first-order chi connectivity index (χ1) is 17.7. The minimum Gasteiger partial charge on any atom is -0.465 e. The highest BCUT2D eigenvalue weighted by Gasteiger charge is 2.41. The lowest BCUT2D eigenvalue weighted by Gasteiger charge is -2.31. The van der Waals surface area contributed by atoms with E-state index in [9.17, 15) is 4.79 Å². The number of thiocarbonyl (C=S) groups is 1. The fraction of sp³-hybridized carbons (Fsp3) is 0.370. The minimum atomic E-state index is -0.367. The van der Waals surface area contributed by atoms with Crippen molar-refractivity contribution >= 4 is 23.3 Å². The van der Waals surface area contributed by atoms with Gasteiger partial charge in [-0.2, -0.15) is 0 Å². The standard InChI is InChI=1S/C27H31N5O3S/c1-34-26(33)20-8-2-3-10-22(20)31-14-6-11-23(31)25-24(21-9-4-5-12-28-21)29-27(36)32(25)15-7-13-30-16-18-35-19-17-30/h2-6,8-12,14,24-25H,7,13,15-19H2,1H3,(H,29,36). The fourth-order valence-corrected chi connectivity index (χ4v) is 5.41. The maximum Gasteiger partial charge on any atom is 0.339 e. The smallest absolute Gasteiger partial charge is 0.339 e. The molecule has 8 nitrogen and oxygen atoms in total. The van der Waals surface area contributed by atoms with Gasteiger partial charge in [0.1, 0.15) is 0 Å². The number of carbonyl (C=O) groups is 1. The Balaban J connectivity index is 1.49. The van der Waals surface area contributed by atoms with Gasteiger partial charge in [0.05, 0.1) is 49.4 Å². The normalized spacial score (nSPS) is 20.4. The molecule has 2 saturated heterocycles. The summed E-state index contributed by atoms with van der Waals surface area (Å²) in [6.07, 6.45) is 4.77. The van der Waals surface area contributed by atoms with Crippen molar-refractivity contribution in [1.29, 1.82) is 0 Å². The summed E-state index contributed by atoms with van der Waals surface area (Å²) in [5, 5.41) is 4.25. The summed E-state index contributed by atoms with van der Waals surface area (Å²) in [7, 11) is 1.41. The Kier molecular flexibility index (Phi) is 7.60. The van der Waals surface area contributed by atoms with E-state index in [0.29, 0.717) is 10.7 Å². The Hall–Kier alpha value is -3.27. The zero-order valence-electron chi connectivity index (χ0n) is 20.4. The first-order valence-electron chi connectivity index (χ1n) is 12.3. The lowest BCUT2D eigenvalue weighted by molar-refractivity contribution is 0.0365. The van der Waals surface area contributed by atoms with Crippen LogP contribution < -0.4 is 5.32 Å². The van der Waals surface area contributed by atoms with Crippen molar-refractivity contribution in [3.8, 4) is 5.69 Å².